The van der Waals surface area contributed by atoms with Crippen molar-refractivity contribution >= 4 is 27.3 Å². The molecule has 1 aromatic carbocycles. The molecule has 2 rings (SSSR count). The maximum absolute atomic E-state index is 12.2. The molecule has 1 heterocycles. The predicted octanol–water partition coefficient (Wildman–Crippen LogP) is 1.78. The zero-order valence-electron chi connectivity index (χ0n) is 12.5. The first-order valence-corrected chi connectivity index (χ1v) is 8.43. The second-order valence-corrected chi connectivity index (χ2v) is 7.49. The minimum atomic E-state index is -3.81. The Labute approximate surface area is 139 Å². The van der Waals surface area contributed by atoms with E-state index in [1.807, 2.05) is 0 Å². The van der Waals surface area contributed by atoms with Crippen LogP contribution in [0.4, 0.5) is 5.69 Å². The molecule has 0 aliphatic carbocycles. The van der Waals surface area contributed by atoms with Crippen molar-refractivity contribution in [2.75, 3.05) is 19.4 Å². The molecule has 1 aromatic heterocycles. The molecule has 7 nitrogen and oxygen atoms in total. The number of halogens is 1. The van der Waals surface area contributed by atoms with Crippen LogP contribution < -0.4 is 5.32 Å². The molecule has 0 saturated heterocycles. The average molecular weight is 361 g/mol. The Bertz CT molecular complexity index is 773. The number of hydrogen-bond acceptors (Lipinski definition) is 6. The first kappa shape index (κ1) is 17.8. The summed E-state index contributed by atoms with van der Waals surface area (Å²) in [6.07, 6.45) is -0.346. The summed E-state index contributed by atoms with van der Waals surface area (Å²) in [5.74, 6) is 0.629. The molecule has 126 valence electrons. The van der Waals surface area contributed by atoms with E-state index in [1.54, 1.807) is 12.1 Å². The molecule has 0 radical (unpaired) electrons. The van der Waals surface area contributed by atoms with Gasteiger partial charge in [-0.05, 0) is 24.3 Å². The number of rotatable bonds is 6. The Hall–Kier alpha value is -1.58. The van der Waals surface area contributed by atoms with Crippen molar-refractivity contribution in [3.05, 3.63) is 46.9 Å². The van der Waals surface area contributed by atoms with E-state index in [2.05, 4.69) is 5.32 Å². The number of anilines is 1. The molecular formula is C14H17ClN2O5S. The highest BCUT2D eigenvalue weighted by molar-refractivity contribution is 7.89. The van der Waals surface area contributed by atoms with Gasteiger partial charge >= 0.3 is 0 Å². The highest BCUT2D eigenvalue weighted by atomic mass is 35.5. The number of aliphatic hydroxyl groups is 2. The van der Waals surface area contributed by atoms with Gasteiger partial charge in [-0.15, -0.1) is 0 Å². The van der Waals surface area contributed by atoms with Crippen LogP contribution in [0.25, 0.3) is 0 Å². The zero-order valence-corrected chi connectivity index (χ0v) is 14.1. The van der Waals surface area contributed by atoms with E-state index in [4.69, 9.17) is 16.0 Å². The highest BCUT2D eigenvalue weighted by Crippen LogP contribution is 2.33. The first-order valence-electron chi connectivity index (χ1n) is 6.62. The SMILES string of the molecule is CN(C)S(=O)(=O)c1cc(C(O)O)c(NCc2ccco2)cc1Cl. The van der Waals surface area contributed by atoms with Crippen LogP contribution in [0.15, 0.2) is 39.8 Å². The topological polar surface area (TPSA) is 103 Å². The van der Waals surface area contributed by atoms with Gasteiger partial charge in [0.2, 0.25) is 10.0 Å². The normalized spacial score (nSPS) is 12.1. The number of nitrogens with one attached hydrogen (secondary N) is 1. The van der Waals surface area contributed by atoms with E-state index in [1.165, 1.54) is 26.4 Å². The van der Waals surface area contributed by atoms with Gasteiger partial charge in [-0.2, -0.15) is 0 Å². The number of sulfonamides is 1. The average Bonchev–Trinajstić information content (AvgIpc) is 2.97. The number of hydrogen-bond donors (Lipinski definition) is 3. The van der Waals surface area contributed by atoms with Crippen LogP contribution in [0.5, 0.6) is 0 Å². The maximum atomic E-state index is 12.2. The number of furan rings is 1. The van der Waals surface area contributed by atoms with Crippen LogP contribution in [0.2, 0.25) is 5.02 Å². The van der Waals surface area contributed by atoms with E-state index >= 15 is 0 Å². The summed E-state index contributed by atoms with van der Waals surface area (Å²) < 4.78 is 30.6. The molecular weight excluding hydrogens is 344 g/mol. The minimum absolute atomic E-state index is 0.00128. The van der Waals surface area contributed by atoms with Crippen LogP contribution in [0.1, 0.15) is 17.6 Å². The third kappa shape index (κ3) is 3.85. The van der Waals surface area contributed by atoms with Crippen molar-refractivity contribution in [3.63, 3.8) is 0 Å². The van der Waals surface area contributed by atoms with Gasteiger partial charge in [-0.1, -0.05) is 11.6 Å². The lowest BCUT2D eigenvalue weighted by molar-refractivity contribution is -0.0420. The van der Waals surface area contributed by atoms with Crippen LogP contribution in [0, 0.1) is 0 Å². The highest BCUT2D eigenvalue weighted by Gasteiger charge is 2.24. The molecule has 0 amide bonds. The summed E-state index contributed by atoms with van der Waals surface area (Å²) in [5.41, 5.74) is 0.306. The third-order valence-electron chi connectivity index (χ3n) is 3.17. The van der Waals surface area contributed by atoms with E-state index in [9.17, 15) is 18.6 Å². The van der Waals surface area contributed by atoms with Gasteiger partial charge in [-0.3, -0.25) is 0 Å². The number of nitrogens with zero attached hydrogens (tertiary/aromatic N) is 1. The van der Waals surface area contributed by atoms with E-state index in [-0.39, 0.29) is 22.0 Å². The monoisotopic (exact) mass is 360 g/mol. The summed E-state index contributed by atoms with van der Waals surface area (Å²) >= 11 is 6.06. The second kappa shape index (κ2) is 6.90. The van der Waals surface area contributed by atoms with Crippen LogP contribution in [-0.2, 0) is 16.6 Å². The second-order valence-electron chi connectivity index (χ2n) is 4.96. The van der Waals surface area contributed by atoms with Gasteiger partial charge in [0, 0.05) is 25.3 Å². The van der Waals surface area contributed by atoms with Gasteiger partial charge in [0.1, 0.15) is 10.7 Å². The number of aliphatic hydroxyl groups excluding tert-OH is 1. The maximum Gasteiger partial charge on any atom is 0.244 e. The Morgan fingerprint density at radius 2 is 2.04 bits per heavy atom. The van der Waals surface area contributed by atoms with Gasteiger partial charge in [-0.25, -0.2) is 12.7 Å². The molecule has 0 spiro atoms. The van der Waals surface area contributed by atoms with Gasteiger partial charge in [0.25, 0.3) is 0 Å². The smallest absolute Gasteiger partial charge is 0.244 e. The minimum Gasteiger partial charge on any atom is -0.467 e. The van der Waals surface area contributed by atoms with E-state index in [0.717, 1.165) is 10.4 Å². The molecule has 2 aromatic rings. The fourth-order valence-electron chi connectivity index (χ4n) is 1.93. The van der Waals surface area contributed by atoms with Gasteiger partial charge in [0.05, 0.1) is 17.8 Å². The first-order chi connectivity index (χ1) is 10.7. The summed E-state index contributed by atoms with van der Waals surface area (Å²) in [6.45, 7) is 0.281. The molecule has 0 fully saturated rings. The Morgan fingerprint density at radius 3 is 2.57 bits per heavy atom. The lowest BCUT2D eigenvalue weighted by Crippen LogP contribution is -2.23. The van der Waals surface area contributed by atoms with Gasteiger partial charge < -0.3 is 19.9 Å². The largest absolute Gasteiger partial charge is 0.467 e. The lowest BCUT2D eigenvalue weighted by atomic mass is 10.1. The fraction of sp³-hybridized carbons (Fsp3) is 0.286. The Balaban J connectivity index is 2.42. The third-order valence-corrected chi connectivity index (χ3v) is 5.45. The fourth-order valence-corrected chi connectivity index (χ4v) is 3.36. The van der Waals surface area contributed by atoms with Crippen molar-refractivity contribution in [1.82, 2.24) is 4.31 Å². The van der Waals surface area contributed by atoms with Crippen molar-refractivity contribution in [2.45, 2.75) is 17.7 Å². The summed E-state index contributed by atoms with van der Waals surface area (Å²) in [4.78, 5) is -0.198. The summed E-state index contributed by atoms with van der Waals surface area (Å²) in [5, 5.41) is 22.0. The van der Waals surface area contributed by atoms with Gasteiger partial charge in [0.15, 0.2) is 6.29 Å². The molecule has 23 heavy (non-hydrogen) atoms. The Morgan fingerprint density at radius 1 is 1.35 bits per heavy atom. The lowest BCUT2D eigenvalue weighted by Gasteiger charge is -2.18. The van der Waals surface area contributed by atoms with Crippen LogP contribution in [-0.4, -0.2) is 37.0 Å². The van der Waals surface area contributed by atoms with Crippen LogP contribution >= 0.6 is 11.6 Å². The molecule has 0 atom stereocenters. The molecule has 0 bridgehead atoms. The quantitative estimate of drug-likeness (QED) is 0.678. The molecule has 0 aliphatic heterocycles. The van der Waals surface area contributed by atoms with Crippen molar-refractivity contribution in [3.8, 4) is 0 Å². The van der Waals surface area contributed by atoms with Crippen molar-refractivity contribution in [1.29, 1.82) is 0 Å². The molecule has 9 heteroatoms. The standard InChI is InChI=1S/C14H17ClN2O5S/c1-17(2)23(20,21)13-6-10(14(18)19)12(7-11(13)15)16-8-9-4-3-5-22-9/h3-7,14,16,18-19H,8H2,1-2H3. The van der Waals surface area contributed by atoms with E-state index < -0.39 is 16.3 Å². The number of benzene rings is 1. The van der Waals surface area contributed by atoms with E-state index in [0.29, 0.717) is 11.4 Å². The zero-order chi connectivity index (χ0) is 17.2. The Kier molecular flexibility index (Phi) is 5.33. The summed E-state index contributed by atoms with van der Waals surface area (Å²) in [6, 6.07) is 5.95. The van der Waals surface area contributed by atoms with Crippen molar-refractivity contribution < 1.29 is 23.0 Å². The molecule has 0 aliphatic rings. The van der Waals surface area contributed by atoms with Crippen molar-refractivity contribution in [2.24, 2.45) is 0 Å². The molecule has 3 N–H and O–H groups in total. The predicted molar refractivity (Wildman–Crippen MR) is 85.5 cm³/mol. The van der Waals surface area contributed by atoms with Crippen LogP contribution in [0.3, 0.4) is 0 Å². The summed E-state index contributed by atoms with van der Waals surface area (Å²) in [7, 11) is -1.08. The molecule has 0 unspecified atom stereocenters. The molecule has 0 saturated carbocycles.